The Morgan fingerprint density at radius 2 is 2.07 bits per heavy atom. The van der Waals surface area contributed by atoms with Crippen LogP contribution >= 0.6 is 0 Å². The number of aliphatic hydroxyl groups excluding tert-OH is 1. The van der Waals surface area contributed by atoms with Gasteiger partial charge in [-0.05, 0) is 43.9 Å². The van der Waals surface area contributed by atoms with Gasteiger partial charge in [-0.25, -0.2) is 0 Å². The lowest BCUT2D eigenvalue weighted by Gasteiger charge is -2.20. The maximum absolute atomic E-state index is 9.76. The van der Waals surface area contributed by atoms with Crippen molar-refractivity contribution in [2.24, 2.45) is 11.8 Å². The van der Waals surface area contributed by atoms with Crippen molar-refractivity contribution in [1.82, 2.24) is 0 Å². The smallest absolute Gasteiger partial charge is 0.0540 e. The lowest BCUT2D eigenvalue weighted by molar-refractivity contribution is 0.142. The first-order chi connectivity index (χ1) is 7.09. The van der Waals surface area contributed by atoms with E-state index >= 15 is 0 Å². The largest absolute Gasteiger partial charge is 0.393 e. The van der Waals surface area contributed by atoms with Crippen LogP contribution in [0.2, 0.25) is 0 Å². The minimum atomic E-state index is -0.106. The van der Waals surface area contributed by atoms with Gasteiger partial charge in [0.25, 0.3) is 0 Å². The standard InChI is InChI=1S/C14H24O/c1-11(2)13-8-7-12(3)5-4-6-14(15)10-9-13/h7-8,11,13-15H,3-6,9-10H2,1-2H3/b8-7+/t13-,14?/m0/s1. The maximum atomic E-state index is 9.76. The highest BCUT2D eigenvalue weighted by molar-refractivity contribution is 5.15. The number of hydrogen-bond donors (Lipinski definition) is 1. The summed E-state index contributed by atoms with van der Waals surface area (Å²) in [7, 11) is 0. The molecule has 86 valence electrons. The fraction of sp³-hybridized carbons (Fsp3) is 0.714. The van der Waals surface area contributed by atoms with Crippen LogP contribution < -0.4 is 0 Å². The summed E-state index contributed by atoms with van der Waals surface area (Å²) in [6.07, 6.45) is 9.42. The van der Waals surface area contributed by atoms with Crippen LogP contribution in [0.4, 0.5) is 0 Å². The van der Waals surface area contributed by atoms with Gasteiger partial charge in [0.15, 0.2) is 0 Å². The highest BCUT2D eigenvalue weighted by atomic mass is 16.3. The second kappa shape index (κ2) is 6.12. The molecule has 0 saturated carbocycles. The summed E-state index contributed by atoms with van der Waals surface area (Å²) in [5, 5.41) is 9.76. The fourth-order valence-corrected chi connectivity index (χ4v) is 2.09. The first-order valence-corrected chi connectivity index (χ1v) is 6.13. The normalized spacial score (nSPS) is 31.6. The Kier molecular flexibility index (Phi) is 5.10. The van der Waals surface area contributed by atoms with Gasteiger partial charge in [0.1, 0.15) is 0 Å². The molecule has 0 heterocycles. The zero-order chi connectivity index (χ0) is 11.3. The molecular weight excluding hydrogens is 184 g/mol. The van der Waals surface area contributed by atoms with Crippen LogP contribution in [0.1, 0.15) is 46.0 Å². The molecule has 0 aromatic rings. The van der Waals surface area contributed by atoms with Crippen LogP contribution in [0, 0.1) is 11.8 Å². The predicted molar refractivity (Wildman–Crippen MR) is 65.7 cm³/mol. The Morgan fingerprint density at radius 3 is 2.73 bits per heavy atom. The Labute approximate surface area is 93.9 Å². The third-order valence-corrected chi connectivity index (χ3v) is 3.30. The highest BCUT2D eigenvalue weighted by Gasteiger charge is 2.14. The van der Waals surface area contributed by atoms with Crippen LogP contribution in [-0.2, 0) is 0 Å². The van der Waals surface area contributed by atoms with E-state index in [0.29, 0.717) is 11.8 Å². The molecule has 0 radical (unpaired) electrons. The summed E-state index contributed by atoms with van der Waals surface area (Å²) in [4.78, 5) is 0. The third-order valence-electron chi connectivity index (χ3n) is 3.30. The summed E-state index contributed by atoms with van der Waals surface area (Å²) in [6.45, 7) is 8.53. The zero-order valence-corrected chi connectivity index (χ0v) is 10.1. The van der Waals surface area contributed by atoms with Gasteiger partial charge in [-0.15, -0.1) is 0 Å². The van der Waals surface area contributed by atoms with Gasteiger partial charge in [-0.2, -0.15) is 0 Å². The molecule has 0 saturated heterocycles. The Balaban J connectivity index is 2.63. The SMILES string of the molecule is C=C1/C=C/[C@H](C(C)C)CCC(O)CCC1. The van der Waals surface area contributed by atoms with Crippen molar-refractivity contribution in [3.05, 3.63) is 24.3 Å². The summed E-state index contributed by atoms with van der Waals surface area (Å²) >= 11 is 0. The summed E-state index contributed by atoms with van der Waals surface area (Å²) < 4.78 is 0. The number of allylic oxidation sites excluding steroid dienone is 3. The molecule has 1 aliphatic carbocycles. The Bertz CT molecular complexity index is 227. The van der Waals surface area contributed by atoms with E-state index < -0.39 is 0 Å². The second-order valence-corrected chi connectivity index (χ2v) is 5.05. The highest BCUT2D eigenvalue weighted by Crippen LogP contribution is 2.24. The zero-order valence-electron chi connectivity index (χ0n) is 10.1. The average molecular weight is 208 g/mol. The van der Waals surface area contributed by atoms with Gasteiger partial charge >= 0.3 is 0 Å². The Hall–Kier alpha value is -0.560. The quantitative estimate of drug-likeness (QED) is 0.696. The Morgan fingerprint density at radius 1 is 1.33 bits per heavy atom. The summed E-state index contributed by atoms with van der Waals surface area (Å²) in [6, 6.07) is 0. The molecule has 0 bridgehead atoms. The summed E-state index contributed by atoms with van der Waals surface area (Å²) in [5.41, 5.74) is 1.20. The molecule has 1 heteroatoms. The van der Waals surface area contributed by atoms with Crippen molar-refractivity contribution in [2.75, 3.05) is 0 Å². The van der Waals surface area contributed by atoms with E-state index in [1.807, 2.05) is 0 Å². The van der Waals surface area contributed by atoms with E-state index in [1.165, 1.54) is 5.57 Å². The van der Waals surface area contributed by atoms with Gasteiger partial charge in [0, 0.05) is 0 Å². The van der Waals surface area contributed by atoms with Crippen LogP contribution in [0.3, 0.4) is 0 Å². The van der Waals surface area contributed by atoms with Crippen molar-refractivity contribution in [2.45, 2.75) is 52.1 Å². The van der Waals surface area contributed by atoms with Gasteiger partial charge in [-0.1, -0.05) is 38.2 Å². The molecule has 0 amide bonds. The second-order valence-electron chi connectivity index (χ2n) is 5.05. The first-order valence-electron chi connectivity index (χ1n) is 6.13. The van der Waals surface area contributed by atoms with Crippen LogP contribution in [0.25, 0.3) is 0 Å². The summed E-state index contributed by atoms with van der Waals surface area (Å²) in [5.74, 6) is 1.25. The van der Waals surface area contributed by atoms with Crippen molar-refractivity contribution in [1.29, 1.82) is 0 Å². The van der Waals surface area contributed by atoms with Gasteiger partial charge in [-0.3, -0.25) is 0 Å². The predicted octanol–water partition coefficient (Wildman–Crippen LogP) is 3.70. The molecule has 0 fully saturated rings. The molecule has 1 N–H and O–H groups in total. The van der Waals surface area contributed by atoms with Gasteiger partial charge in [0.2, 0.25) is 0 Å². The van der Waals surface area contributed by atoms with Crippen molar-refractivity contribution >= 4 is 0 Å². The molecule has 0 aliphatic heterocycles. The average Bonchev–Trinajstić information content (AvgIpc) is 2.16. The number of rotatable bonds is 1. The van der Waals surface area contributed by atoms with Crippen LogP contribution in [-0.4, -0.2) is 11.2 Å². The van der Waals surface area contributed by atoms with Crippen molar-refractivity contribution in [3.8, 4) is 0 Å². The fourth-order valence-electron chi connectivity index (χ4n) is 2.09. The van der Waals surface area contributed by atoms with Gasteiger partial charge in [0.05, 0.1) is 6.10 Å². The molecule has 0 aromatic heterocycles. The lowest BCUT2D eigenvalue weighted by Crippen LogP contribution is -2.13. The minimum Gasteiger partial charge on any atom is -0.393 e. The van der Waals surface area contributed by atoms with Crippen molar-refractivity contribution < 1.29 is 5.11 Å². The number of hydrogen-bond acceptors (Lipinski definition) is 1. The topological polar surface area (TPSA) is 20.2 Å². The molecule has 0 aromatic carbocycles. The van der Waals surface area contributed by atoms with Crippen LogP contribution in [0.5, 0.6) is 0 Å². The van der Waals surface area contributed by atoms with E-state index in [0.717, 1.165) is 32.1 Å². The van der Waals surface area contributed by atoms with Crippen LogP contribution in [0.15, 0.2) is 24.3 Å². The first kappa shape index (κ1) is 12.5. The molecule has 1 unspecified atom stereocenters. The van der Waals surface area contributed by atoms with E-state index in [4.69, 9.17) is 0 Å². The molecule has 1 nitrogen and oxygen atoms in total. The third kappa shape index (κ3) is 4.65. The van der Waals surface area contributed by atoms with E-state index in [2.05, 4.69) is 32.6 Å². The van der Waals surface area contributed by atoms with E-state index in [9.17, 15) is 5.11 Å². The maximum Gasteiger partial charge on any atom is 0.0540 e. The molecule has 1 rings (SSSR count). The lowest BCUT2D eigenvalue weighted by atomic mass is 9.87. The molecule has 2 atom stereocenters. The molecular formula is C14H24O. The van der Waals surface area contributed by atoms with Gasteiger partial charge < -0.3 is 5.11 Å². The molecule has 1 aliphatic rings. The van der Waals surface area contributed by atoms with E-state index in [1.54, 1.807) is 0 Å². The minimum absolute atomic E-state index is 0.106. The molecule has 0 spiro atoms. The number of aliphatic hydroxyl groups is 1. The van der Waals surface area contributed by atoms with E-state index in [-0.39, 0.29) is 6.10 Å². The monoisotopic (exact) mass is 208 g/mol. The van der Waals surface area contributed by atoms with Crippen molar-refractivity contribution in [3.63, 3.8) is 0 Å². The molecule has 15 heavy (non-hydrogen) atoms.